The molecule has 2 aromatic rings. The van der Waals surface area contributed by atoms with E-state index in [0.717, 1.165) is 10.6 Å². The normalized spacial score (nSPS) is 10.0. The topological polar surface area (TPSA) is 79.5 Å². The standard InChI is InChI=1S/C18H21N3O3S/c1-24-15-8-6-13(7-9-15)17(22)19-10-11-20-18(23)21-14-4-3-5-16(12-14)25-2/h3-9,12H,10-11H2,1-2H3,(H,19,22)(H2,20,21,23). The monoisotopic (exact) mass is 359 g/mol. The number of anilines is 1. The zero-order valence-electron chi connectivity index (χ0n) is 14.2. The molecule has 0 aliphatic carbocycles. The Kier molecular flexibility index (Phi) is 7.16. The summed E-state index contributed by atoms with van der Waals surface area (Å²) in [6.07, 6.45) is 1.98. The van der Waals surface area contributed by atoms with E-state index in [1.807, 2.05) is 30.5 Å². The fraction of sp³-hybridized carbons (Fsp3) is 0.222. The summed E-state index contributed by atoms with van der Waals surface area (Å²) in [6, 6.07) is 14.1. The number of thioether (sulfide) groups is 1. The third kappa shape index (κ3) is 6.04. The maximum Gasteiger partial charge on any atom is 0.319 e. The van der Waals surface area contributed by atoms with Crippen LogP contribution in [0.3, 0.4) is 0 Å². The van der Waals surface area contributed by atoms with Gasteiger partial charge in [0.2, 0.25) is 0 Å². The Bertz CT molecular complexity index is 720. The van der Waals surface area contributed by atoms with Crippen molar-refractivity contribution >= 4 is 29.4 Å². The molecule has 0 bridgehead atoms. The summed E-state index contributed by atoms with van der Waals surface area (Å²) in [7, 11) is 1.57. The highest BCUT2D eigenvalue weighted by molar-refractivity contribution is 7.98. The maximum absolute atomic E-state index is 12.0. The van der Waals surface area contributed by atoms with Gasteiger partial charge in [0, 0.05) is 29.2 Å². The number of urea groups is 1. The van der Waals surface area contributed by atoms with E-state index < -0.39 is 0 Å². The Morgan fingerprint density at radius 1 is 1.04 bits per heavy atom. The van der Waals surface area contributed by atoms with E-state index in [4.69, 9.17) is 4.74 Å². The molecular formula is C18H21N3O3S. The van der Waals surface area contributed by atoms with Gasteiger partial charge in [-0.3, -0.25) is 4.79 Å². The van der Waals surface area contributed by atoms with Crippen LogP contribution in [-0.2, 0) is 0 Å². The van der Waals surface area contributed by atoms with Gasteiger partial charge in [-0.25, -0.2) is 4.79 Å². The molecule has 7 heteroatoms. The Morgan fingerprint density at radius 2 is 1.76 bits per heavy atom. The van der Waals surface area contributed by atoms with Crippen LogP contribution in [0, 0.1) is 0 Å². The third-order valence-corrected chi connectivity index (χ3v) is 4.10. The average molecular weight is 359 g/mol. The molecule has 3 N–H and O–H groups in total. The first-order valence-electron chi connectivity index (χ1n) is 7.73. The van der Waals surface area contributed by atoms with Gasteiger partial charge in [0.05, 0.1) is 7.11 Å². The van der Waals surface area contributed by atoms with E-state index in [0.29, 0.717) is 24.4 Å². The van der Waals surface area contributed by atoms with Crippen LogP contribution in [0.2, 0.25) is 0 Å². The van der Waals surface area contributed by atoms with Crippen LogP contribution >= 0.6 is 11.8 Å². The Hall–Kier alpha value is -2.67. The van der Waals surface area contributed by atoms with Gasteiger partial charge in [0.1, 0.15) is 5.75 Å². The van der Waals surface area contributed by atoms with Crippen molar-refractivity contribution in [2.24, 2.45) is 0 Å². The molecule has 0 saturated carbocycles. The minimum Gasteiger partial charge on any atom is -0.497 e. The van der Waals surface area contributed by atoms with E-state index in [-0.39, 0.29) is 11.9 Å². The molecular weight excluding hydrogens is 338 g/mol. The first-order chi connectivity index (χ1) is 12.1. The molecule has 0 fully saturated rings. The average Bonchev–Trinajstić information content (AvgIpc) is 2.65. The number of carbonyl (C=O) groups excluding carboxylic acids is 2. The fourth-order valence-corrected chi connectivity index (χ4v) is 2.53. The van der Waals surface area contributed by atoms with Gasteiger partial charge >= 0.3 is 6.03 Å². The lowest BCUT2D eigenvalue weighted by Gasteiger charge is -2.09. The second kappa shape index (κ2) is 9.58. The van der Waals surface area contributed by atoms with E-state index in [9.17, 15) is 9.59 Å². The number of benzene rings is 2. The maximum atomic E-state index is 12.0. The van der Waals surface area contributed by atoms with Crippen molar-refractivity contribution in [1.82, 2.24) is 10.6 Å². The van der Waals surface area contributed by atoms with E-state index in [2.05, 4.69) is 16.0 Å². The zero-order chi connectivity index (χ0) is 18.1. The minimum atomic E-state index is -0.308. The van der Waals surface area contributed by atoms with Crippen molar-refractivity contribution in [1.29, 1.82) is 0 Å². The molecule has 6 nitrogen and oxygen atoms in total. The van der Waals surface area contributed by atoms with Gasteiger partial charge in [-0.1, -0.05) is 6.07 Å². The summed E-state index contributed by atoms with van der Waals surface area (Å²) < 4.78 is 5.05. The molecule has 0 aliphatic heterocycles. The number of hydrogen-bond donors (Lipinski definition) is 3. The van der Waals surface area contributed by atoms with Gasteiger partial charge in [0.15, 0.2) is 0 Å². The largest absolute Gasteiger partial charge is 0.497 e. The number of hydrogen-bond acceptors (Lipinski definition) is 4. The summed E-state index contributed by atoms with van der Waals surface area (Å²) >= 11 is 1.61. The predicted molar refractivity (Wildman–Crippen MR) is 101 cm³/mol. The van der Waals surface area contributed by atoms with Crippen molar-refractivity contribution in [2.45, 2.75) is 4.90 Å². The molecule has 25 heavy (non-hydrogen) atoms. The smallest absolute Gasteiger partial charge is 0.319 e. The molecule has 0 spiro atoms. The number of methoxy groups -OCH3 is 1. The SMILES string of the molecule is COc1ccc(C(=O)NCCNC(=O)Nc2cccc(SC)c2)cc1. The molecule has 0 unspecified atom stereocenters. The van der Waals surface area contributed by atoms with E-state index in [1.54, 1.807) is 43.1 Å². The fourth-order valence-electron chi connectivity index (χ4n) is 2.07. The summed E-state index contributed by atoms with van der Waals surface area (Å²) in [5, 5.41) is 8.21. The van der Waals surface area contributed by atoms with Crippen LogP contribution in [0.4, 0.5) is 10.5 Å². The number of nitrogens with one attached hydrogen (secondary N) is 3. The van der Waals surface area contributed by atoms with Gasteiger partial charge in [-0.15, -0.1) is 11.8 Å². The molecule has 0 aromatic heterocycles. The highest BCUT2D eigenvalue weighted by Gasteiger charge is 2.06. The highest BCUT2D eigenvalue weighted by Crippen LogP contribution is 2.18. The van der Waals surface area contributed by atoms with Gasteiger partial charge in [-0.2, -0.15) is 0 Å². The third-order valence-electron chi connectivity index (χ3n) is 3.38. The quantitative estimate of drug-likeness (QED) is 0.524. The summed E-state index contributed by atoms with van der Waals surface area (Å²) in [5.74, 6) is 0.498. The second-order valence-electron chi connectivity index (χ2n) is 5.10. The first kappa shape index (κ1) is 18.7. The lowest BCUT2D eigenvalue weighted by molar-refractivity contribution is 0.0954. The molecule has 0 atom stereocenters. The van der Waals surface area contributed by atoms with Crippen molar-refractivity contribution in [2.75, 3.05) is 31.8 Å². The predicted octanol–water partition coefficient (Wildman–Crippen LogP) is 2.97. The molecule has 2 rings (SSSR count). The van der Waals surface area contributed by atoms with Crippen LogP contribution in [0.1, 0.15) is 10.4 Å². The lowest BCUT2D eigenvalue weighted by atomic mass is 10.2. The lowest BCUT2D eigenvalue weighted by Crippen LogP contribution is -2.36. The van der Waals surface area contributed by atoms with Crippen molar-refractivity contribution in [3.8, 4) is 5.75 Å². The summed E-state index contributed by atoms with van der Waals surface area (Å²) in [5.41, 5.74) is 1.27. The van der Waals surface area contributed by atoms with Crippen molar-refractivity contribution < 1.29 is 14.3 Å². The Morgan fingerprint density at radius 3 is 2.44 bits per heavy atom. The molecule has 0 saturated heterocycles. The molecule has 2 aromatic carbocycles. The Balaban J connectivity index is 1.70. The van der Waals surface area contributed by atoms with E-state index >= 15 is 0 Å². The van der Waals surface area contributed by atoms with Crippen LogP contribution in [0.25, 0.3) is 0 Å². The van der Waals surface area contributed by atoms with Crippen LogP contribution in [-0.4, -0.2) is 38.4 Å². The first-order valence-corrected chi connectivity index (χ1v) is 8.96. The Labute approximate surface area is 151 Å². The van der Waals surface area contributed by atoms with Crippen LogP contribution < -0.4 is 20.7 Å². The number of carbonyl (C=O) groups is 2. The number of amides is 3. The van der Waals surface area contributed by atoms with E-state index in [1.165, 1.54) is 0 Å². The van der Waals surface area contributed by atoms with Gasteiger partial charge < -0.3 is 20.7 Å². The molecule has 0 radical (unpaired) electrons. The van der Waals surface area contributed by atoms with Gasteiger partial charge in [-0.05, 0) is 48.7 Å². The van der Waals surface area contributed by atoms with Gasteiger partial charge in [0.25, 0.3) is 5.91 Å². The summed E-state index contributed by atoms with van der Waals surface area (Å²) in [6.45, 7) is 0.666. The second-order valence-corrected chi connectivity index (χ2v) is 5.98. The zero-order valence-corrected chi connectivity index (χ0v) is 15.0. The number of ether oxygens (including phenoxy) is 1. The molecule has 0 aliphatic rings. The van der Waals surface area contributed by atoms with Crippen molar-refractivity contribution in [3.05, 3.63) is 54.1 Å². The molecule has 3 amide bonds. The van der Waals surface area contributed by atoms with Crippen LogP contribution in [0.15, 0.2) is 53.4 Å². The highest BCUT2D eigenvalue weighted by atomic mass is 32.2. The summed E-state index contributed by atoms with van der Waals surface area (Å²) in [4.78, 5) is 24.9. The molecule has 0 heterocycles. The minimum absolute atomic E-state index is 0.197. The number of rotatable bonds is 7. The van der Waals surface area contributed by atoms with Crippen LogP contribution in [0.5, 0.6) is 5.75 Å². The van der Waals surface area contributed by atoms with Crippen molar-refractivity contribution in [3.63, 3.8) is 0 Å². The molecule has 132 valence electrons.